The number of carbonyl (C=O) groups is 1. The first-order valence-electron chi connectivity index (χ1n) is 6.27. The van der Waals surface area contributed by atoms with Crippen LogP contribution in [0.1, 0.15) is 11.1 Å². The number of benzene rings is 2. The van der Waals surface area contributed by atoms with Crippen LogP contribution in [0.15, 0.2) is 53.2 Å². The Morgan fingerprint density at radius 1 is 1.09 bits per heavy atom. The molecule has 3 nitrogen and oxygen atoms in total. The first-order chi connectivity index (χ1) is 10.5. The van der Waals surface area contributed by atoms with E-state index in [1.807, 2.05) is 0 Å². The zero-order chi connectivity index (χ0) is 15.7. The third kappa shape index (κ3) is 2.76. The van der Waals surface area contributed by atoms with E-state index >= 15 is 0 Å². The molecule has 3 rings (SSSR count). The minimum absolute atomic E-state index is 0.0312. The lowest BCUT2D eigenvalue weighted by molar-refractivity contribution is -0.129. The highest BCUT2D eigenvalue weighted by atomic mass is 35.5. The fraction of sp³-hybridized carbons (Fsp3) is 0. The van der Waals surface area contributed by atoms with Crippen LogP contribution in [0, 0.1) is 11.6 Å². The lowest BCUT2D eigenvalue weighted by Crippen LogP contribution is -2.05. The zero-order valence-corrected chi connectivity index (χ0v) is 11.8. The molecule has 22 heavy (non-hydrogen) atoms. The summed E-state index contributed by atoms with van der Waals surface area (Å²) in [4.78, 5) is 15.8. The Bertz CT molecular complexity index is 793. The van der Waals surface area contributed by atoms with Crippen LogP contribution in [0.2, 0.25) is 5.02 Å². The average Bonchev–Trinajstić information content (AvgIpc) is 2.85. The molecule has 0 aromatic heterocycles. The second kappa shape index (κ2) is 5.69. The molecule has 2 aromatic carbocycles. The van der Waals surface area contributed by atoms with Gasteiger partial charge in [0, 0.05) is 11.1 Å². The molecule has 0 fully saturated rings. The molecule has 0 amide bonds. The van der Waals surface area contributed by atoms with Gasteiger partial charge in [0.25, 0.3) is 0 Å². The van der Waals surface area contributed by atoms with Crippen molar-refractivity contribution in [2.75, 3.05) is 0 Å². The van der Waals surface area contributed by atoms with E-state index in [1.54, 1.807) is 0 Å². The molecule has 0 spiro atoms. The number of esters is 1. The number of hydrogen-bond acceptors (Lipinski definition) is 3. The summed E-state index contributed by atoms with van der Waals surface area (Å²) in [5.41, 5.74) is 0.421. The first-order valence-corrected chi connectivity index (χ1v) is 6.65. The van der Waals surface area contributed by atoms with Gasteiger partial charge in [-0.05, 0) is 42.5 Å². The molecule has 0 radical (unpaired) electrons. The molecule has 0 bridgehead atoms. The highest BCUT2D eigenvalue weighted by Gasteiger charge is 2.24. The topological polar surface area (TPSA) is 38.7 Å². The number of carbonyl (C=O) groups excluding carboxylic acids is 1. The molecule has 1 aliphatic rings. The van der Waals surface area contributed by atoms with Crippen LogP contribution >= 0.6 is 11.6 Å². The van der Waals surface area contributed by atoms with Gasteiger partial charge in [-0.3, -0.25) is 0 Å². The van der Waals surface area contributed by atoms with E-state index in [4.69, 9.17) is 16.3 Å². The Hall–Kier alpha value is -2.53. The summed E-state index contributed by atoms with van der Waals surface area (Å²) in [6, 6.07) is 9.49. The van der Waals surface area contributed by atoms with Gasteiger partial charge in [0.1, 0.15) is 11.6 Å². The summed E-state index contributed by atoms with van der Waals surface area (Å²) in [7, 11) is 0. The highest BCUT2D eigenvalue weighted by molar-refractivity contribution is 6.32. The van der Waals surface area contributed by atoms with E-state index in [0.29, 0.717) is 5.56 Å². The molecule has 0 N–H and O–H groups in total. The summed E-state index contributed by atoms with van der Waals surface area (Å²) in [5.74, 6) is -1.68. The summed E-state index contributed by atoms with van der Waals surface area (Å²) < 4.78 is 31.6. The fourth-order valence-corrected chi connectivity index (χ4v) is 2.13. The summed E-state index contributed by atoms with van der Waals surface area (Å²) in [6.45, 7) is 0. The van der Waals surface area contributed by atoms with Crippen molar-refractivity contribution < 1.29 is 18.3 Å². The number of halogens is 3. The van der Waals surface area contributed by atoms with Gasteiger partial charge >= 0.3 is 5.97 Å². The predicted molar refractivity (Wildman–Crippen MR) is 78.4 cm³/mol. The lowest BCUT2D eigenvalue weighted by atomic mass is 10.2. The van der Waals surface area contributed by atoms with Gasteiger partial charge in [-0.25, -0.2) is 18.6 Å². The van der Waals surface area contributed by atoms with Crippen LogP contribution in [0.3, 0.4) is 0 Å². The summed E-state index contributed by atoms with van der Waals surface area (Å²) in [6.07, 6.45) is 1.22. The molecule has 2 aromatic rings. The highest BCUT2D eigenvalue weighted by Crippen LogP contribution is 2.25. The van der Waals surface area contributed by atoms with Crippen LogP contribution in [-0.4, -0.2) is 11.9 Å². The number of ether oxygens (including phenoxy) is 1. The maximum absolute atomic E-state index is 13.7. The second-order valence-corrected chi connectivity index (χ2v) is 4.89. The minimum Gasteiger partial charge on any atom is -0.402 e. The maximum Gasteiger partial charge on any atom is 0.363 e. The Morgan fingerprint density at radius 3 is 2.50 bits per heavy atom. The quantitative estimate of drug-likeness (QED) is 0.620. The van der Waals surface area contributed by atoms with Gasteiger partial charge in [0.05, 0.1) is 5.02 Å². The van der Waals surface area contributed by atoms with E-state index in [-0.39, 0.29) is 22.2 Å². The standard InChI is InChI=1S/C16H8ClF2NO2/c17-12-2-1-3-13(19)11(12)8-14-16(21)22-15(20-14)9-4-6-10(18)7-5-9/h1-8H/b14-8-. The molecule has 0 saturated carbocycles. The number of cyclic esters (lactones) is 1. The third-order valence-electron chi connectivity index (χ3n) is 2.99. The molecule has 1 aliphatic heterocycles. The largest absolute Gasteiger partial charge is 0.402 e. The van der Waals surface area contributed by atoms with E-state index in [0.717, 1.165) is 0 Å². The van der Waals surface area contributed by atoms with Gasteiger partial charge < -0.3 is 4.74 Å². The molecule has 110 valence electrons. The molecule has 0 saturated heterocycles. The van der Waals surface area contributed by atoms with E-state index in [2.05, 4.69) is 4.99 Å². The molecule has 0 aliphatic carbocycles. The van der Waals surface area contributed by atoms with Gasteiger partial charge in [0.15, 0.2) is 5.70 Å². The van der Waals surface area contributed by atoms with Crippen molar-refractivity contribution in [3.05, 3.63) is 75.9 Å². The van der Waals surface area contributed by atoms with Crippen molar-refractivity contribution in [2.24, 2.45) is 4.99 Å². The second-order valence-electron chi connectivity index (χ2n) is 4.48. The molecule has 6 heteroatoms. The SMILES string of the molecule is O=C1OC(c2ccc(F)cc2)=N/C1=C\c1c(F)cccc1Cl. The fourth-order valence-electron chi connectivity index (χ4n) is 1.91. The van der Waals surface area contributed by atoms with Crippen LogP contribution in [0.4, 0.5) is 8.78 Å². The van der Waals surface area contributed by atoms with Crippen molar-refractivity contribution >= 4 is 29.5 Å². The van der Waals surface area contributed by atoms with Crippen molar-refractivity contribution in [1.29, 1.82) is 0 Å². The number of nitrogens with zero attached hydrogens (tertiary/aromatic N) is 1. The monoisotopic (exact) mass is 319 g/mol. The Balaban J connectivity index is 1.99. The molecule has 0 atom stereocenters. The molecule has 1 heterocycles. The molecular formula is C16H8ClF2NO2. The van der Waals surface area contributed by atoms with Crippen molar-refractivity contribution in [2.45, 2.75) is 0 Å². The molecule has 0 unspecified atom stereocenters. The van der Waals surface area contributed by atoms with E-state index in [9.17, 15) is 13.6 Å². The molecular weight excluding hydrogens is 312 g/mol. The van der Waals surface area contributed by atoms with Crippen LogP contribution < -0.4 is 0 Å². The van der Waals surface area contributed by atoms with Gasteiger partial charge in [-0.15, -0.1) is 0 Å². The van der Waals surface area contributed by atoms with Crippen molar-refractivity contribution in [3.8, 4) is 0 Å². The van der Waals surface area contributed by atoms with Crippen molar-refractivity contribution in [1.82, 2.24) is 0 Å². The summed E-state index contributed by atoms with van der Waals surface area (Å²) >= 11 is 5.90. The summed E-state index contributed by atoms with van der Waals surface area (Å²) in [5, 5.41) is 0.158. The Morgan fingerprint density at radius 2 is 1.82 bits per heavy atom. The van der Waals surface area contributed by atoms with Crippen LogP contribution in [0.5, 0.6) is 0 Å². The zero-order valence-electron chi connectivity index (χ0n) is 11.0. The van der Waals surface area contributed by atoms with Crippen LogP contribution in [-0.2, 0) is 9.53 Å². The lowest BCUT2D eigenvalue weighted by Gasteiger charge is -1.99. The average molecular weight is 320 g/mol. The van der Waals surface area contributed by atoms with E-state index in [1.165, 1.54) is 48.5 Å². The van der Waals surface area contributed by atoms with Gasteiger partial charge in [-0.2, -0.15) is 0 Å². The smallest absolute Gasteiger partial charge is 0.363 e. The maximum atomic E-state index is 13.7. The number of aliphatic imine (C=N–C) groups is 1. The first kappa shape index (κ1) is 14.4. The van der Waals surface area contributed by atoms with Crippen molar-refractivity contribution in [3.63, 3.8) is 0 Å². The number of hydrogen-bond donors (Lipinski definition) is 0. The van der Waals surface area contributed by atoms with Gasteiger partial charge in [-0.1, -0.05) is 17.7 Å². The Kier molecular flexibility index (Phi) is 3.73. The van der Waals surface area contributed by atoms with E-state index < -0.39 is 17.6 Å². The third-order valence-corrected chi connectivity index (χ3v) is 3.32. The van der Waals surface area contributed by atoms with Gasteiger partial charge in [0.2, 0.25) is 5.90 Å². The minimum atomic E-state index is -0.723. The van der Waals surface area contributed by atoms with Crippen LogP contribution in [0.25, 0.3) is 6.08 Å². The normalized spacial score (nSPS) is 15.9. The number of rotatable bonds is 2. The predicted octanol–water partition coefficient (Wildman–Crippen LogP) is 3.96. The Labute approximate surface area is 129 Å².